The molecule has 0 N–H and O–H groups in total. The van der Waals surface area contributed by atoms with Gasteiger partial charge in [-0.3, -0.25) is 14.2 Å². The lowest BCUT2D eigenvalue weighted by Gasteiger charge is -2.19. The van der Waals surface area contributed by atoms with Crippen molar-refractivity contribution >= 4 is 50.0 Å². The van der Waals surface area contributed by atoms with Gasteiger partial charge in [-0.2, -0.15) is 0 Å². The van der Waals surface area contributed by atoms with E-state index in [2.05, 4.69) is 0 Å². The number of aromatic nitrogens is 1. The van der Waals surface area contributed by atoms with Crippen molar-refractivity contribution in [2.75, 3.05) is 34.0 Å². The molecule has 0 amide bonds. The van der Waals surface area contributed by atoms with Crippen LogP contribution in [0.15, 0.2) is 30.6 Å². The molecule has 0 saturated carbocycles. The zero-order chi connectivity index (χ0) is 32.9. The van der Waals surface area contributed by atoms with Gasteiger partial charge in [-0.25, -0.2) is 13.6 Å². The largest absolute Gasteiger partial charge is 0.493 e. The van der Waals surface area contributed by atoms with Crippen LogP contribution in [0.4, 0.5) is 13.6 Å². The molecule has 0 unspecified atom stereocenters. The summed E-state index contributed by atoms with van der Waals surface area (Å²) in [7, 11) is 2.74. The molecule has 0 spiro atoms. The van der Waals surface area contributed by atoms with Crippen molar-refractivity contribution in [2.45, 2.75) is 52.6 Å². The smallest absolute Gasteiger partial charge is 0.418 e. The van der Waals surface area contributed by atoms with Crippen LogP contribution >= 0.6 is 11.3 Å². The number of fused-ring (bicyclic) bond motifs is 2. The summed E-state index contributed by atoms with van der Waals surface area (Å²) in [4.78, 5) is 37.0. The number of ether oxygens (including phenoxy) is 6. The average molecular weight is 648 g/mol. The molecular weight excluding hydrogens is 612 g/mol. The van der Waals surface area contributed by atoms with Gasteiger partial charge in [-0.15, -0.1) is 11.3 Å². The second-order valence-corrected chi connectivity index (χ2v) is 12.0. The summed E-state index contributed by atoms with van der Waals surface area (Å²) in [5, 5.41) is 0.744. The minimum atomic E-state index is -0.725. The molecule has 13 heteroatoms. The highest BCUT2D eigenvalue weighted by Gasteiger charge is 2.23. The summed E-state index contributed by atoms with van der Waals surface area (Å²) in [6.45, 7) is 7.09. The van der Waals surface area contributed by atoms with E-state index in [-0.39, 0.29) is 78.6 Å². The maximum atomic E-state index is 15.5. The molecule has 2 aromatic heterocycles. The Morgan fingerprint density at radius 2 is 1.49 bits per heavy atom. The van der Waals surface area contributed by atoms with Crippen LogP contribution in [-0.2, 0) is 14.3 Å². The third-order valence-electron chi connectivity index (χ3n) is 6.45. The van der Waals surface area contributed by atoms with E-state index in [1.807, 2.05) is 0 Å². The second-order valence-electron chi connectivity index (χ2n) is 10.9. The lowest BCUT2D eigenvalue weighted by Crippen LogP contribution is -2.26. The summed E-state index contributed by atoms with van der Waals surface area (Å²) in [6, 6.07) is 4.56. The first-order valence-corrected chi connectivity index (χ1v) is 15.0. The number of halogens is 2. The summed E-state index contributed by atoms with van der Waals surface area (Å²) in [5.41, 5.74) is -0.725. The zero-order valence-corrected chi connectivity index (χ0v) is 26.7. The van der Waals surface area contributed by atoms with Crippen molar-refractivity contribution in [2.24, 2.45) is 0 Å². The molecule has 2 aromatic carbocycles. The Balaban J connectivity index is 1.42. The van der Waals surface area contributed by atoms with Gasteiger partial charge in [0.15, 0.2) is 40.4 Å². The van der Waals surface area contributed by atoms with Gasteiger partial charge >= 0.3 is 12.1 Å². The highest BCUT2D eigenvalue weighted by atomic mass is 32.1. The SMILES string of the molecule is CCOC(=O)CCC(=O)c1cc2c(F)c(OCCCOc3c(OC)cc4cn(C(=O)OC(C)(C)C)cc4c3F)c(OC)cc2s1. The number of carbonyl (C=O) groups is 3. The Bertz CT molecular complexity index is 1720. The Hall–Kier alpha value is -4.39. The van der Waals surface area contributed by atoms with Crippen LogP contribution in [0, 0.1) is 11.6 Å². The number of hydrogen-bond donors (Lipinski definition) is 0. The predicted octanol–water partition coefficient (Wildman–Crippen LogP) is 7.31. The number of carbonyl (C=O) groups excluding carboxylic acids is 3. The van der Waals surface area contributed by atoms with E-state index in [0.29, 0.717) is 15.0 Å². The molecule has 0 bridgehead atoms. The number of thiophene rings is 1. The Kier molecular flexibility index (Phi) is 10.5. The number of rotatable bonds is 13. The van der Waals surface area contributed by atoms with Gasteiger partial charge in [0.25, 0.3) is 0 Å². The third kappa shape index (κ3) is 7.83. The highest BCUT2D eigenvalue weighted by Crippen LogP contribution is 2.41. The number of benzene rings is 2. The lowest BCUT2D eigenvalue weighted by atomic mass is 10.1. The molecule has 0 saturated heterocycles. The molecule has 0 aliphatic heterocycles. The summed E-state index contributed by atoms with van der Waals surface area (Å²) < 4.78 is 64.9. The first-order valence-electron chi connectivity index (χ1n) is 14.2. The third-order valence-corrected chi connectivity index (χ3v) is 7.57. The lowest BCUT2D eigenvalue weighted by molar-refractivity contribution is -0.143. The Morgan fingerprint density at radius 3 is 2.09 bits per heavy atom. The van der Waals surface area contributed by atoms with Crippen LogP contribution in [0.25, 0.3) is 20.9 Å². The maximum Gasteiger partial charge on any atom is 0.418 e. The number of methoxy groups -OCH3 is 2. The van der Waals surface area contributed by atoms with E-state index in [4.69, 9.17) is 28.4 Å². The molecular formula is C32H35F2NO9S. The monoisotopic (exact) mass is 647 g/mol. The van der Waals surface area contributed by atoms with Crippen molar-refractivity contribution in [1.29, 1.82) is 0 Å². The van der Waals surface area contributed by atoms with E-state index >= 15 is 8.78 Å². The fourth-order valence-electron chi connectivity index (χ4n) is 4.41. The van der Waals surface area contributed by atoms with Crippen LogP contribution < -0.4 is 18.9 Å². The van der Waals surface area contributed by atoms with Crippen LogP contribution in [0.5, 0.6) is 23.0 Å². The average Bonchev–Trinajstić information content (AvgIpc) is 3.62. The summed E-state index contributed by atoms with van der Waals surface area (Å²) in [5.74, 6) is -2.19. The van der Waals surface area contributed by atoms with E-state index in [0.717, 1.165) is 15.9 Å². The molecule has 0 aliphatic carbocycles. The van der Waals surface area contributed by atoms with Gasteiger partial charge < -0.3 is 28.4 Å². The first-order chi connectivity index (χ1) is 21.4. The molecule has 4 rings (SSSR count). The molecule has 45 heavy (non-hydrogen) atoms. The molecule has 242 valence electrons. The molecule has 0 aliphatic rings. The highest BCUT2D eigenvalue weighted by molar-refractivity contribution is 7.20. The normalized spacial score (nSPS) is 11.5. The van der Waals surface area contributed by atoms with Gasteiger partial charge in [-0.1, -0.05) is 0 Å². The standard InChI is InChI=1S/C32H35F2NO9S/c1-7-41-26(37)10-9-21(36)25-14-19-24(45-25)15-23(40-6)30(27(19)33)43-12-8-11-42-29-22(39-5)13-18-16-35(17-20(18)28(29)34)31(38)44-32(2,3)4/h13-17H,7-12H2,1-6H3. The van der Waals surface area contributed by atoms with E-state index < -0.39 is 29.3 Å². The minimum Gasteiger partial charge on any atom is -0.493 e. The fourth-order valence-corrected chi connectivity index (χ4v) is 5.47. The Labute approximate surface area is 262 Å². The van der Waals surface area contributed by atoms with Crippen molar-refractivity contribution < 1.29 is 51.6 Å². The van der Waals surface area contributed by atoms with Crippen molar-refractivity contribution in [3.05, 3.63) is 47.1 Å². The molecule has 2 heterocycles. The fraction of sp³-hybridized carbons (Fsp3) is 0.406. The number of nitrogens with zero attached hydrogens (tertiary/aromatic N) is 1. The summed E-state index contributed by atoms with van der Waals surface area (Å²) >= 11 is 1.09. The molecule has 4 aromatic rings. The van der Waals surface area contributed by atoms with Gasteiger partial charge in [-0.05, 0) is 39.8 Å². The van der Waals surface area contributed by atoms with E-state index in [1.54, 1.807) is 39.8 Å². The zero-order valence-electron chi connectivity index (χ0n) is 25.9. The predicted molar refractivity (Wildman–Crippen MR) is 164 cm³/mol. The second kappa shape index (κ2) is 14.1. The molecule has 0 radical (unpaired) electrons. The van der Waals surface area contributed by atoms with Gasteiger partial charge in [0.1, 0.15) is 5.60 Å². The number of ketones is 1. The van der Waals surface area contributed by atoms with E-state index in [9.17, 15) is 14.4 Å². The quantitative estimate of drug-likeness (QED) is 0.0838. The van der Waals surface area contributed by atoms with Gasteiger partial charge in [0.2, 0.25) is 0 Å². The Morgan fingerprint density at radius 1 is 0.867 bits per heavy atom. The van der Waals surface area contributed by atoms with E-state index in [1.165, 1.54) is 32.7 Å². The van der Waals surface area contributed by atoms with Gasteiger partial charge in [0.05, 0.1) is 45.3 Å². The number of Topliss-reactive ketones (excluding diaryl/α,β-unsaturated/α-hetero) is 1. The van der Waals surface area contributed by atoms with Crippen LogP contribution in [0.2, 0.25) is 0 Å². The van der Waals surface area contributed by atoms with Crippen molar-refractivity contribution in [3.8, 4) is 23.0 Å². The number of hydrogen-bond acceptors (Lipinski definition) is 10. The van der Waals surface area contributed by atoms with Crippen molar-refractivity contribution in [3.63, 3.8) is 0 Å². The van der Waals surface area contributed by atoms with Crippen LogP contribution in [-0.4, -0.2) is 62.1 Å². The van der Waals surface area contributed by atoms with Crippen LogP contribution in [0.3, 0.4) is 0 Å². The minimum absolute atomic E-state index is 0.00451. The maximum absolute atomic E-state index is 15.5. The van der Waals surface area contributed by atoms with Crippen LogP contribution in [0.1, 0.15) is 56.6 Å². The molecule has 0 fully saturated rings. The first kappa shape index (κ1) is 33.5. The summed E-state index contributed by atoms with van der Waals surface area (Å²) in [6.07, 6.45) is 2.23. The topological polar surface area (TPSA) is 112 Å². The van der Waals surface area contributed by atoms with Gasteiger partial charge in [0, 0.05) is 52.2 Å². The van der Waals surface area contributed by atoms with Crippen molar-refractivity contribution in [1.82, 2.24) is 4.57 Å². The molecule has 0 atom stereocenters. The number of esters is 1. The molecule has 10 nitrogen and oxygen atoms in total.